The molecule has 14 heteroatoms. The average Bonchev–Trinajstić information content (AvgIpc) is 2.51. The first-order chi connectivity index (χ1) is 12.4. The van der Waals surface area contributed by atoms with Crippen LogP contribution in [0.5, 0.6) is 28.7 Å². The molecule has 0 spiro atoms. The molecule has 0 aliphatic carbocycles. The van der Waals surface area contributed by atoms with Gasteiger partial charge in [-0.05, 0) is 18.2 Å². The van der Waals surface area contributed by atoms with Gasteiger partial charge in [-0.1, -0.05) is 0 Å². The average molecular weight is 476 g/mol. The van der Waals surface area contributed by atoms with Crippen molar-refractivity contribution < 1.29 is 150 Å². The molecule has 3 rings (SSSR count). The van der Waals surface area contributed by atoms with Gasteiger partial charge in [0.05, 0.1) is 0 Å². The second-order valence-corrected chi connectivity index (χ2v) is 5.88. The van der Waals surface area contributed by atoms with E-state index in [1.54, 1.807) is 0 Å². The Morgan fingerprint density at radius 3 is 1.90 bits per heavy atom. The van der Waals surface area contributed by atoms with E-state index in [2.05, 4.69) is 0 Å². The van der Waals surface area contributed by atoms with Crippen LogP contribution in [0, 0.1) is 0 Å². The molecule has 2 aromatic carbocycles. The predicted molar refractivity (Wildman–Crippen MR) is 86.7 cm³/mol. The second kappa shape index (κ2) is 11.4. The van der Waals surface area contributed by atoms with Crippen LogP contribution in [0.3, 0.4) is 0 Å². The van der Waals surface area contributed by atoms with Crippen molar-refractivity contribution in [3.63, 3.8) is 0 Å². The number of fused-ring (bicyclic) bond motifs is 1. The van der Waals surface area contributed by atoms with Gasteiger partial charge in [0.2, 0.25) is 11.2 Å². The third-order valence-corrected chi connectivity index (χ3v) is 3.17. The molecule has 0 unspecified atom stereocenters. The van der Waals surface area contributed by atoms with Gasteiger partial charge in [0.1, 0.15) is 22.5 Å². The third-order valence-electron chi connectivity index (χ3n) is 3.17. The van der Waals surface area contributed by atoms with Crippen molar-refractivity contribution in [1.82, 2.24) is 0 Å². The molecule has 0 bridgehead atoms. The molecule has 0 aliphatic rings. The van der Waals surface area contributed by atoms with E-state index < -0.39 is 33.1 Å². The maximum Gasteiger partial charge on any atom is 1.00 e. The van der Waals surface area contributed by atoms with Crippen molar-refractivity contribution in [2.24, 2.45) is 0 Å². The SMILES string of the molecule is O=S(=O)([O-])[O-].O=c1c(O)c(-c2ccc(O)c(O)c2)oc2cc(O)cc(O)c12.[K+].[K+]. The van der Waals surface area contributed by atoms with Crippen molar-refractivity contribution in [3.05, 3.63) is 40.6 Å². The summed E-state index contributed by atoms with van der Waals surface area (Å²) in [5.74, 6) is -2.71. The van der Waals surface area contributed by atoms with Gasteiger partial charge in [0, 0.05) is 28.1 Å². The first-order valence-corrected chi connectivity index (χ1v) is 8.12. The molecule has 5 N–H and O–H groups in total. The zero-order valence-corrected chi connectivity index (χ0v) is 22.0. The van der Waals surface area contributed by atoms with E-state index in [0.717, 1.165) is 24.3 Å². The fourth-order valence-corrected chi connectivity index (χ4v) is 2.14. The molecule has 0 saturated carbocycles. The number of phenolic OH excluding ortho intramolecular Hbond substituents is 4. The molecule has 11 nitrogen and oxygen atoms in total. The van der Waals surface area contributed by atoms with Crippen LogP contribution in [0.4, 0.5) is 0 Å². The molecular formula is C15H10K2O11S. The van der Waals surface area contributed by atoms with E-state index >= 15 is 0 Å². The van der Waals surface area contributed by atoms with Crippen LogP contribution in [0.15, 0.2) is 39.5 Å². The summed E-state index contributed by atoms with van der Waals surface area (Å²) in [5.41, 5.74) is -0.890. The smallest absolute Gasteiger partial charge is 0.759 e. The molecule has 0 radical (unpaired) electrons. The Hall–Kier alpha value is -0.207. The third kappa shape index (κ3) is 7.77. The first kappa shape index (κ1) is 28.8. The number of benzene rings is 2. The van der Waals surface area contributed by atoms with Gasteiger partial charge in [0.25, 0.3) is 0 Å². The Morgan fingerprint density at radius 1 is 0.828 bits per heavy atom. The first-order valence-electron chi connectivity index (χ1n) is 6.79. The molecule has 0 atom stereocenters. The molecule has 3 aromatic rings. The van der Waals surface area contributed by atoms with Crippen LogP contribution < -0.4 is 108 Å². The van der Waals surface area contributed by atoms with Gasteiger partial charge >= 0.3 is 103 Å². The zero-order valence-electron chi connectivity index (χ0n) is 15.0. The van der Waals surface area contributed by atoms with Crippen molar-refractivity contribution >= 4 is 21.4 Å². The number of hydrogen-bond acceptors (Lipinski definition) is 11. The van der Waals surface area contributed by atoms with Crippen LogP contribution in [0.25, 0.3) is 22.3 Å². The normalized spacial score (nSPS) is 10.3. The minimum atomic E-state index is -5.17. The van der Waals surface area contributed by atoms with Gasteiger partial charge in [-0.3, -0.25) is 13.2 Å². The molecule has 1 aromatic heterocycles. The standard InChI is InChI=1S/C15H10O7.2K.H2O4S/c16-7-4-10(19)12-11(5-7)22-15(14(21)13(12)20)6-1-2-8(17)9(18)3-6;;;1-5(2,3)4/h1-5,16-19,21H;;;(H2,1,2,3,4)/q;2*+1;/p-2. The van der Waals surface area contributed by atoms with Gasteiger partial charge < -0.3 is 39.1 Å². The molecular weight excluding hydrogens is 466 g/mol. The van der Waals surface area contributed by atoms with E-state index in [1.165, 1.54) is 6.07 Å². The van der Waals surface area contributed by atoms with Crippen molar-refractivity contribution in [3.8, 4) is 40.1 Å². The Balaban J connectivity index is 0.00000101. The minimum absolute atomic E-state index is 0. The summed E-state index contributed by atoms with van der Waals surface area (Å²) in [6.45, 7) is 0. The van der Waals surface area contributed by atoms with Gasteiger partial charge in [-0.25, -0.2) is 0 Å². The van der Waals surface area contributed by atoms with Crippen LogP contribution in [-0.4, -0.2) is 43.1 Å². The Kier molecular flexibility index (Phi) is 11.3. The van der Waals surface area contributed by atoms with E-state index in [-0.39, 0.29) is 137 Å². The van der Waals surface area contributed by atoms with Crippen molar-refractivity contribution in [2.75, 3.05) is 0 Å². The molecule has 0 amide bonds. The van der Waals surface area contributed by atoms with Crippen LogP contribution in [0.2, 0.25) is 0 Å². The van der Waals surface area contributed by atoms with Crippen molar-refractivity contribution in [1.29, 1.82) is 0 Å². The minimum Gasteiger partial charge on any atom is -0.759 e. The molecule has 144 valence electrons. The van der Waals surface area contributed by atoms with Crippen LogP contribution in [0.1, 0.15) is 0 Å². The quantitative estimate of drug-likeness (QED) is 0.0968. The van der Waals surface area contributed by atoms with E-state index in [1.807, 2.05) is 0 Å². The summed E-state index contributed by atoms with van der Waals surface area (Å²) in [6, 6.07) is 5.64. The number of phenols is 4. The fraction of sp³-hybridized carbons (Fsp3) is 0. The maximum absolute atomic E-state index is 12.1. The summed E-state index contributed by atoms with van der Waals surface area (Å²) in [7, 11) is -5.17. The molecule has 0 aliphatic heterocycles. The molecule has 0 fully saturated rings. The van der Waals surface area contributed by atoms with Gasteiger partial charge in [-0.15, -0.1) is 0 Å². The van der Waals surface area contributed by atoms with Crippen LogP contribution in [-0.2, 0) is 10.4 Å². The topological polar surface area (TPSA) is 212 Å². The van der Waals surface area contributed by atoms with Crippen LogP contribution >= 0.6 is 0 Å². The van der Waals surface area contributed by atoms with Gasteiger partial charge in [0.15, 0.2) is 17.3 Å². The van der Waals surface area contributed by atoms with E-state index in [4.69, 9.17) is 21.9 Å². The van der Waals surface area contributed by atoms with E-state index in [9.17, 15) is 30.3 Å². The second-order valence-electron chi connectivity index (χ2n) is 5.06. The number of hydrogen-bond donors (Lipinski definition) is 5. The van der Waals surface area contributed by atoms with Crippen molar-refractivity contribution in [2.45, 2.75) is 0 Å². The maximum atomic E-state index is 12.1. The monoisotopic (exact) mass is 476 g/mol. The molecule has 1 heterocycles. The fourth-order valence-electron chi connectivity index (χ4n) is 2.14. The van der Waals surface area contributed by atoms with E-state index in [0.29, 0.717) is 0 Å². The predicted octanol–water partition coefficient (Wildman–Crippen LogP) is -5.34. The summed E-state index contributed by atoms with van der Waals surface area (Å²) >= 11 is 0. The Bertz CT molecular complexity index is 1180. The Morgan fingerprint density at radius 2 is 1.38 bits per heavy atom. The Labute approximate surface area is 248 Å². The summed E-state index contributed by atoms with van der Waals surface area (Å²) in [5, 5.41) is 47.6. The van der Waals surface area contributed by atoms with Gasteiger partial charge in [-0.2, -0.15) is 0 Å². The molecule has 29 heavy (non-hydrogen) atoms. The number of rotatable bonds is 1. The summed E-state index contributed by atoms with van der Waals surface area (Å²) < 4.78 is 39.4. The molecule has 0 saturated heterocycles. The summed E-state index contributed by atoms with van der Waals surface area (Å²) in [4.78, 5) is 12.1. The summed E-state index contributed by atoms with van der Waals surface area (Å²) in [6.07, 6.45) is 0. The largest absolute Gasteiger partial charge is 1.00 e. The zero-order chi connectivity index (χ0) is 20.5. The number of aromatic hydroxyl groups is 5.